The van der Waals surface area contributed by atoms with E-state index in [2.05, 4.69) is 41.9 Å². The van der Waals surface area contributed by atoms with E-state index < -0.39 is 0 Å². The van der Waals surface area contributed by atoms with Gasteiger partial charge in [0.05, 0.1) is 12.1 Å². The molecule has 2 N–H and O–H groups in total. The van der Waals surface area contributed by atoms with Gasteiger partial charge in [0.1, 0.15) is 0 Å². The number of likely N-dealkylation sites (tertiary alicyclic amines) is 1. The molecular weight excluding hydrogens is 316 g/mol. The molecule has 0 bridgehead atoms. The Hall–Kier alpha value is -0.870. The van der Waals surface area contributed by atoms with Gasteiger partial charge in [-0.25, -0.2) is 0 Å². The third-order valence-electron chi connectivity index (χ3n) is 3.81. The summed E-state index contributed by atoms with van der Waals surface area (Å²) < 4.78 is 1.06. The first-order valence-electron chi connectivity index (χ1n) is 7.30. The second kappa shape index (κ2) is 6.72. The number of hydrogen-bond donors (Lipinski definition) is 1. The van der Waals surface area contributed by atoms with Gasteiger partial charge in [-0.1, -0.05) is 41.9 Å². The Morgan fingerprint density at radius 3 is 2.90 bits per heavy atom. The lowest BCUT2D eigenvalue weighted by atomic mass is 10.0. The molecule has 1 aliphatic rings. The first kappa shape index (κ1) is 15.5. The highest BCUT2D eigenvalue weighted by molar-refractivity contribution is 9.10. The van der Waals surface area contributed by atoms with Crippen molar-refractivity contribution in [2.24, 2.45) is 11.7 Å². The van der Waals surface area contributed by atoms with Crippen LogP contribution in [0.1, 0.15) is 44.7 Å². The van der Waals surface area contributed by atoms with Gasteiger partial charge in [0, 0.05) is 11.0 Å². The second-order valence-corrected chi connectivity index (χ2v) is 6.90. The van der Waals surface area contributed by atoms with Crippen LogP contribution >= 0.6 is 15.9 Å². The van der Waals surface area contributed by atoms with Gasteiger partial charge in [-0.2, -0.15) is 0 Å². The molecule has 4 heteroatoms. The van der Waals surface area contributed by atoms with Crippen molar-refractivity contribution in [3.8, 4) is 0 Å². The molecule has 1 saturated heterocycles. The minimum absolute atomic E-state index is 0.0983. The molecule has 2 atom stereocenters. The molecular formula is C16H23BrN2O. The fourth-order valence-corrected chi connectivity index (χ4v) is 3.33. The van der Waals surface area contributed by atoms with Crippen molar-refractivity contribution in [3.05, 3.63) is 34.3 Å². The minimum Gasteiger partial charge on any atom is -0.334 e. The lowest BCUT2D eigenvalue weighted by Crippen LogP contribution is -2.44. The number of amides is 1. The molecule has 2 rings (SSSR count). The minimum atomic E-state index is -0.372. The average molecular weight is 339 g/mol. The maximum Gasteiger partial charge on any atom is 0.240 e. The number of nitrogens with zero attached hydrogens (tertiary/aromatic N) is 1. The molecule has 0 saturated carbocycles. The van der Waals surface area contributed by atoms with Crippen LogP contribution in [0.15, 0.2) is 28.7 Å². The Kier molecular flexibility index (Phi) is 5.22. The smallest absolute Gasteiger partial charge is 0.240 e. The molecule has 1 amide bonds. The first-order valence-corrected chi connectivity index (χ1v) is 8.10. The van der Waals surface area contributed by atoms with Gasteiger partial charge < -0.3 is 10.6 Å². The Morgan fingerprint density at radius 1 is 1.50 bits per heavy atom. The molecule has 1 heterocycles. The monoisotopic (exact) mass is 338 g/mol. The maximum absolute atomic E-state index is 12.5. The second-order valence-electron chi connectivity index (χ2n) is 5.98. The van der Waals surface area contributed by atoms with E-state index in [1.165, 1.54) is 5.56 Å². The molecule has 1 aromatic carbocycles. The van der Waals surface area contributed by atoms with Gasteiger partial charge >= 0.3 is 0 Å². The number of nitrogens with two attached hydrogens (primary N) is 1. The topological polar surface area (TPSA) is 46.3 Å². The van der Waals surface area contributed by atoms with Crippen LogP contribution < -0.4 is 5.73 Å². The number of halogens is 1. The zero-order chi connectivity index (χ0) is 14.7. The fraction of sp³-hybridized carbons (Fsp3) is 0.562. The van der Waals surface area contributed by atoms with E-state index in [0.29, 0.717) is 5.92 Å². The van der Waals surface area contributed by atoms with E-state index >= 15 is 0 Å². The van der Waals surface area contributed by atoms with Gasteiger partial charge in [0.25, 0.3) is 0 Å². The number of hydrogen-bond acceptors (Lipinski definition) is 2. The third-order valence-corrected chi connectivity index (χ3v) is 4.31. The molecule has 0 aliphatic carbocycles. The van der Waals surface area contributed by atoms with Crippen molar-refractivity contribution in [1.29, 1.82) is 0 Å². The van der Waals surface area contributed by atoms with Gasteiger partial charge in [-0.05, 0) is 42.9 Å². The average Bonchev–Trinajstić information content (AvgIpc) is 2.86. The van der Waals surface area contributed by atoms with Gasteiger partial charge in [-0.3, -0.25) is 4.79 Å². The Balaban J connectivity index is 2.13. The van der Waals surface area contributed by atoms with Crippen LogP contribution in [0.25, 0.3) is 0 Å². The van der Waals surface area contributed by atoms with Crippen LogP contribution in [-0.2, 0) is 4.79 Å². The van der Waals surface area contributed by atoms with Crippen LogP contribution in [-0.4, -0.2) is 23.4 Å². The number of carbonyl (C=O) groups excluding carboxylic acids is 1. The standard InChI is InChI=1S/C16H23BrN2O/c1-11(2)9-14(18)16(20)19-8-4-7-15(19)12-5-3-6-13(17)10-12/h3,5-6,10-11,14-15H,4,7-9,18H2,1-2H3/t14-,15?/m0/s1. The van der Waals surface area contributed by atoms with Crippen molar-refractivity contribution in [2.75, 3.05) is 6.54 Å². The summed E-state index contributed by atoms with van der Waals surface area (Å²) in [6.07, 6.45) is 2.83. The lowest BCUT2D eigenvalue weighted by molar-refractivity contribution is -0.133. The van der Waals surface area contributed by atoms with E-state index in [0.717, 1.165) is 30.3 Å². The Bertz CT molecular complexity index is 475. The Morgan fingerprint density at radius 2 is 2.25 bits per heavy atom. The molecule has 1 aliphatic heterocycles. The molecule has 110 valence electrons. The molecule has 0 radical (unpaired) electrons. The molecule has 0 aromatic heterocycles. The van der Waals surface area contributed by atoms with Crippen LogP contribution in [0.2, 0.25) is 0 Å². The van der Waals surface area contributed by atoms with Crippen molar-refractivity contribution < 1.29 is 4.79 Å². The molecule has 0 spiro atoms. The number of benzene rings is 1. The first-order chi connectivity index (χ1) is 9.49. The number of rotatable bonds is 4. The molecule has 3 nitrogen and oxygen atoms in total. The maximum atomic E-state index is 12.5. The van der Waals surface area contributed by atoms with Crippen molar-refractivity contribution >= 4 is 21.8 Å². The van der Waals surface area contributed by atoms with E-state index in [9.17, 15) is 4.79 Å². The third kappa shape index (κ3) is 3.61. The zero-order valence-electron chi connectivity index (χ0n) is 12.2. The largest absolute Gasteiger partial charge is 0.334 e. The van der Waals surface area contributed by atoms with E-state index in [-0.39, 0.29) is 18.0 Å². The molecule has 1 fully saturated rings. The predicted molar refractivity (Wildman–Crippen MR) is 85.3 cm³/mol. The highest BCUT2D eigenvalue weighted by Gasteiger charge is 2.32. The number of carbonyl (C=O) groups is 1. The van der Waals surface area contributed by atoms with Gasteiger partial charge in [-0.15, -0.1) is 0 Å². The van der Waals surface area contributed by atoms with Crippen LogP contribution in [0.3, 0.4) is 0 Å². The summed E-state index contributed by atoms with van der Waals surface area (Å²) in [6, 6.07) is 8.03. The van der Waals surface area contributed by atoms with Crippen molar-refractivity contribution in [3.63, 3.8) is 0 Å². The van der Waals surface area contributed by atoms with Crippen LogP contribution in [0.5, 0.6) is 0 Å². The highest BCUT2D eigenvalue weighted by atomic mass is 79.9. The SMILES string of the molecule is CC(C)C[C@H](N)C(=O)N1CCCC1c1cccc(Br)c1. The molecule has 1 unspecified atom stereocenters. The van der Waals surface area contributed by atoms with Gasteiger partial charge in [0.2, 0.25) is 5.91 Å². The van der Waals surface area contributed by atoms with Gasteiger partial charge in [0.15, 0.2) is 0 Å². The van der Waals surface area contributed by atoms with Crippen molar-refractivity contribution in [2.45, 2.75) is 45.2 Å². The summed E-state index contributed by atoms with van der Waals surface area (Å²) in [5.41, 5.74) is 7.26. The quantitative estimate of drug-likeness (QED) is 0.913. The summed E-state index contributed by atoms with van der Waals surface area (Å²) >= 11 is 3.50. The zero-order valence-corrected chi connectivity index (χ0v) is 13.8. The van der Waals surface area contributed by atoms with E-state index in [1.54, 1.807) is 0 Å². The molecule has 20 heavy (non-hydrogen) atoms. The Labute approximate surface area is 129 Å². The normalized spacial score (nSPS) is 20.4. The summed E-state index contributed by atoms with van der Waals surface area (Å²) in [7, 11) is 0. The summed E-state index contributed by atoms with van der Waals surface area (Å²) in [4.78, 5) is 14.5. The lowest BCUT2D eigenvalue weighted by Gasteiger charge is -2.28. The van der Waals surface area contributed by atoms with Crippen LogP contribution in [0.4, 0.5) is 0 Å². The van der Waals surface area contributed by atoms with E-state index in [4.69, 9.17) is 5.73 Å². The predicted octanol–water partition coefficient (Wildman–Crippen LogP) is 3.49. The fourth-order valence-electron chi connectivity index (χ4n) is 2.91. The van der Waals surface area contributed by atoms with Crippen molar-refractivity contribution in [1.82, 2.24) is 4.90 Å². The summed E-state index contributed by atoms with van der Waals surface area (Å²) in [5.74, 6) is 0.544. The van der Waals surface area contributed by atoms with Crippen LogP contribution in [0, 0.1) is 5.92 Å². The van der Waals surface area contributed by atoms with E-state index in [1.807, 2.05) is 17.0 Å². The molecule has 1 aromatic rings. The highest BCUT2D eigenvalue weighted by Crippen LogP contribution is 2.33. The summed E-state index contributed by atoms with van der Waals surface area (Å²) in [5, 5.41) is 0. The summed E-state index contributed by atoms with van der Waals surface area (Å²) in [6.45, 7) is 5.02.